The van der Waals surface area contributed by atoms with E-state index in [1.165, 1.54) is 0 Å². The lowest BCUT2D eigenvalue weighted by atomic mass is 10.2. The highest BCUT2D eigenvalue weighted by atomic mass is 16.3. The number of pyridine rings is 1. The molecule has 0 spiro atoms. The van der Waals surface area contributed by atoms with E-state index in [2.05, 4.69) is 35.8 Å². The molecule has 4 nitrogen and oxygen atoms in total. The molecule has 96 valence electrons. The van der Waals surface area contributed by atoms with Gasteiger partial charge in [-0.1, -0.05) is 6.92 Å². The maximum atomic E-state index is 9.35. The highest BCUT2D eigenvalue weighted by Gasteiger charge is 2.10. The number of aromatic nitrogens is 1. The molecule has 0 radical (unpaired) electrons. The van der Waals surface area contributed by atoms with Crippen LogP contribution >= 0.6 is 0 Å². The molecule has 0 aliphatic rings. The Kier molecular flexibility index (Phi) is 5.94. The van der Waals surface area contributed by atoms with Crippen LogP contribution in [0.1, 0.15) is 18.9 Å². The SMILES string of the molecule is CCCN(CCN(C)C)c1cnccc1CO. The fourth-order valence-electron chi connectivity index (χ4n) is 1.78. The van der Waals surface area contributed by atoms with Crippen LogP contribution < -0.4 is 4.90 Å². The van der Waals surface area contributed by atoms with Crippen LogP contribution in [0, 0.1) is 0 Å². The largest absolute Gasteiger partial charge is 0.392 e. The van der Waals surface area contributed by atoms with Crippen molar-refractivity contribution >= 4 is 5.69 Å². The van der Waals surface area contributed by atoms with Gasteiger partial charge in [-0.2, -0.15) is 0 Å². The summed E-state index contributed by atoms with van der Waals surface area (Å²) in [5.41, 5.74) is 2.01. The standard InChI is InChI=1S/C13H23N3O/c1-4-7-16(9-8-15(2)3)13-10-14-6-5-12(13)11-17/h5-6,10,17H,4,7-9,11H2,1-3H3. The lowest BCUT2D eigenvalue weighted by Gasteiger charge is -2.27. The molecule has 0 saturated heterocycles. The molecular weight excluding hydrogens is 214 g/mol. The van der Waals surface area contributed by atoms with E-state index < -0.39 is 0 Å². The lowest BCUT2D eigenvalue weighted by molar-refractivity contribution is 0.281. The van der Waals surface area contributed by atoms with Gasteiger partial charge in [-0.05, 0) is 26.6 Å². The molecule has 0 saturated carbocycles. The summed E-state index contributed by atoms with van der Waals surface area (Å²) < 4.78 is 0. The van der Waals surface area contributed by atoms with Crippen molar-refractivity contribution in [3.63, 3.8) is 0 Å². The Morgan fingerprint density at radius 3 is 2.59 bits per heavy atom. The lowest BCUT2D eigenvalue weighted by Crippen LogP contribution is -2.33. The van der Waals surface area contributed by atoms with Crippen molar-refractivity contribution < 1.29 is 5.11 Å². The molecule has 1 N–H and O–H groups in total. The third kappa shape index (κ3) is 4.32. The monoisotopic (exact) mass is 237 g/mol. The van der Waals surface area contributed by atoms with E-state index in [0.717, 1.165) is 37.3 Å². The average Bonchev–Trinajstić information content (AvgIpc) is 2.34. The highest BCUT2D eigenvalue weighted by Crippen LogP contribution is 2.19. The van der Waals surface area contributed by atoms with Gasteiger partial charge in [0.2, 0.25) is 0 Å². The first-order valence-electron chi connectivity index (χ1n) is 6.12. The summed E-state index contributed by atoms with van der Waals surface area (Å²) in [6.07, 6.45) is 4.66. The summed E-state index contributed by atoms with van der Waals surface area (Å²) in [7, 11) is 4.14. The molecule has 0 amide bonds. The van der Waals surface area contributed by atoms with Crippen molar-refractivity contribution in [2.45, 2.75) is 20.0 Å². The van der Waals surface area contributed by atoms with Crippen LogP contribution in [0.4, 0.5) is 5.69 Å². The Morgan fingerprint density at radius 2 is 2.00 bits per heavy atom. The number of anilines is 1. The fraction of sp³-hybridized carbons (Fsp3) is 0.615. The molecule has 1 aromatic heterocycles. The van der Waals surface area contributed by atoms with E-state index in [0.29, 0.717) is 0 Å². The molecule has 17 heavy (non-hydrogen) atoms. The number of aliphatic hydroxyl groups is 1. The molecule has 0 atom stereocenters. The molecule has 1 heterocycles. The smallest absolute Gasteiger partial charge is 0.0703 e. The Bertz CT molecular complexity index is 328. The zero-order chi connectivity index (χ0) is 12.7. The minimum absolute atomic E-state index is 0.0695. The van der Waals surface area contributed by atoms with E-state index in [1.54, 1.807) is 6.20 Å². The normalized spacial score (nSPS) is 10.9. The Labute approximate surface area is 104 Å². The molecule has 0 aliphatic heterocycles. The predicted octanol–water partition coefficient (Wildman–Crippen LogP) is 1.35. The van der Waals surface area contributed by atoms with Gasteiger partial charge in [-0.15, -0.1) is 0 Å². The second-order valence-electron chi connectivity index (χ2n) is 4.45. The summed E-state index contributed by atoms with van der Waals surface area (Å²) in [5, 5.41) is 9.35. The van der Waals surface area contributed by atoms with Crippen LogP contribution in [0.3, 0.4) is 0 Å². The summed E-state index contributed by atoms with van der Waals surface area (Å²) in [4.78, 5) is 8.61. The average molecular weight is 237 g/mol. The van der Waals surface area contributed by atoms with E-state index in [-0.39, 0.29) is 6.61 Å². The van der Waals surface area contributed by atoms with Crippen LogP contribution in [0.5, 0.6) is 0 Å². The van der Waals surface area contributed by atoms with Gasteiger partial charge in [0, 0.05) is 31.4 Å². The maximum Gasteiger partial charge on any atom is 0.0703 e. The molecule has 0 aromatic carbocycles. The first kappa shape index (κ1) is 13.9. The second kappa shape index (κ2) is 7.25. The van der Waals surface area contributed by atoms with Gasteiger partial charge in [0.15, 0.2) is 0 Å². The van der Waals surface area contributed by atoms with E-state index in [1.807, 2.05) is 12.3 Å². The van der Waals surface area contributed by atoms with E-state index in [9.17, 15) is 5.11 Å². The zero-order valence-corrected chi connectivity index (χ0v) is 11.1. The number of nitrogens with zero attached hydrogens (tertiary/aromatic N) is 3. The number of aliphatic hydroxyl groups excluding tert-OH is 1. The zero-order valence-electron chi connectivity index (χ0n) is 11.1. The number of rotatable bonds is 7. The van der Waals surface area contributed by atoms with Crippen molar-refractivity contribution in [1.29, 1.82) is 0 Å². The fourth-order valence-corrected chi connectivity index (χ4v) is 1.78. The van der Waals surface area contributed by atoms with Gasteiger partial charge in [-0.3, -0.25) is 4.98 Å². The van der Waals surface area contributed by atoms with Crippen LogP contribution in [-0.4, -0.2) is 48.7 Å². The third-order valence-electron chi connectivity index (χ3n) is 2.71. The van der Waals surface area contributed by atoms with E-state index >= 15 is 0 Å². The van der Waals surface area contributed by atoms with Gasteiger partial charge in [0.05, 0.1) is 18.5 Å². The minimum atomic E-state index is 0.0695. The predicted molar refractivity (Wildman–Crippen MR) is 71.2 cm³/mol. The summed E-state index contributed by atoms with van der Waals surface area (Å²) in [6, 6.07) is 1.88. The van der Waals surface area contributed by atoms with Crippen molar-refractivity contribution in [1.82, 2.24) is 9.88 Å². The quantitative estimate of drug-likeness (QED) is 0.777. The molecule has 0 bridgehead atoms. The molecule has 1 aromatic rings. The van der Waals surface area contributed by atoms with Crippen molar-refractivity contribution in [2.75, 3.05) is 38.6 Å². The van der Waals surface area contributed by atoms with Crippen molar-refractivity contribution in [3.05, 3.63) is 24.0 Å². The van der Waals surface area contributed by atoms with Crippen LogP contribution in [-0.2, 0) is 6.61 Å². The first-order valence-corrected chi connectivity index (χ1v) is 6.12. The van der Waals surface area contributed by atoms with Gasteiger partial charge in [0.1, 0.15) is 0 Å². The van der Waals surface area contributed by atoms with Crippen LogP contribution in [0.25, 0.3) is 0 Å². The molecule has 0 aliphatic carbocycles. The van der Waals surface area contributed by atoms with Gasteiger partial charge in [0.25, 0.3) is 0 Å². The number of hydrogen-bond acceptors (Lipinski definition) is 4. The second-order valence-corrected chi connectivity index (χ2v) is 4.45. The Hall–Kier alpha value is -1.13. The summed E-state index contributed by atoms with van der Waals surface area (Å²) in [6.45, 7) is 5.18. The molecule has 1 rings (SSSR count). The van der Waals surface area contributed by atoms with Gasteiger partial charge in [-0.25, -0.2) is 0 Å². The number of likely N-dealkylation sites (N-methyl/N-ethyl adjacent to an activating group) is 1. The summed E-state index contributed by atoms with van der Waals surface area (Å²) in [5.74, 6) is 0. The summed E-state index contributed by atoms with van der Waals surface area (Å²) >= 11 is 0. The topological polar surface area (TPSA) is 39.6 Å². The molecule has 0 fully saturated rings. The molecular formula is C13H23N3O. The Balaban J connectivity index is 2.80. The maximum absolute atomic E-state index is 9.35. The third-order valence-corrected chi connectivity index (χ3v) is 2.71. The number of hydrogen-bond donors (Lipinski definition) is 1. The van der Waals surface area contributed by atoms with Gasteiger partial charge < -0.3 is 14.9 Å². The molecule has 0 unspecified atom stereocenters. The van der Waals surface area contributed by atoms with Crippen molar-refractivity contribution in [2.24, 2.45) is 0 Å². The highest BCUT2D eigenvalue weighted by molar-refractivity contribution is 5.51. The van der Waals surface area contributed by atoms with E-state index in [4.69, 9.17) is 0 Å². The molecule has 4 heteroatoms. The van der Waals surface area contributed by atoms with Crippen molar-refractivity contribution in [3.8, 4) is 0 Å². The van der Waals surface area contributed by atoms with Crippen LogP contribution in [0.2, 0.25) is 0 Å². The van der Waals surface area contributed by atoms with Gasteiger partial charge >= 0.3 is 0 Å². The van der Waals surface area contributed by atoms with Crippen LogP contribution in [0.15, 0.2) is 18.5 Å². The Morgan fingerprint density at radius 1 is 1.24 bits per heavy atom. The first-order chi connectivity index (χ1) is 8.19. The minimum Gasteiger partial charge on any atom is -0.392 e.